The van der Waals surface area contributed by atoms with E-state index in [-0.39, 0.29) is 30.7 Å². The van der Waals surface area contributed by atoms with Crippen molar-refractivity contribution in [3.8, 4) is 0 Å². The molecule has 2 rings (SSSR count). The molecule has 0 bridgehead atoms. The molecule has 1 fully saturated rings. The second-order valence-electron chi connectivity index (χ2n) is 5.13. The zero-order valence-electron chi connectivity index (χ0n) is 11.4. The second kappa shape index (κ2) is 5.52. The summed E-state index contributed by atoms with van der Waals surface area (Å²) in [6.45, 7) is 3.57. The quantitative estimate of drug-likeness (QED) is 0.915. The van der Waals surface area contributed by atoms with E-state index < -0.39 is 5.54 Å². The summed E-state index contributed by atoms with van der Waals surface area (Å²) >= 11 is 3.27. The third-order valence-corrected chi connectivity index (χ3v) is 4.08. The minimum Gasteiger partial charge on any atom is -0.340 e. The fourth-order valence-corrected chi connectivity index (χ4v) is 2.64. The Morgan fingerprint density at radius 3 is 2.80 bits per heavy atom. The molecule has 108 valence electrons. The number of hydrogen-bond acceptors (Lipinski definition) is 2. The average Bonchev–Trinajstić information content (AvgIpc) is 2.39. The van der Waals surface area contributed by atoms with Crippen LogP contribution in [0.15, 0.2) is 22.7 Å². The van der Waals surface area contributed by atoms with Gasteiger partial charge < -0.3 is 10.2 Å². The van der Waals surface area contributed by atoms with Gasteiger partial charge in [0.05, 0.1) is 6.54 Å². The van der Waals surface area contributed by atoms with Crippen molar-refractivity contribution in [1.29, 1.82) is 0 Å². The van der Waals surface area contributed by atoms with Crippen molar-refractivity contribution in [2.45, 2.75) is 32.4 Å². The van der Waals surface area contributed by atoms with E-state index >= 15 is 0 Å². The lowest BCUT2D eigenvalue weighted by atomic mass is 9.94. The average molecular weight is 343 g/mol. The molecule has 1 unspecified atom stereocenters. The predicted octanol–water partition coefficient (Wildman–Crippen LogP) is 2.22. The van der Waals surface area contributed by atoms with Crippen LogP contribution in [0, 0.1) is 5.82 Å². The zero-order valence-corrected chi connectivity index (χ0v) is 13.0. The Morgan fingerprint density at radius 1 is 1.45 bits per heavy atom. The molecular weight excluding hydrogens is 327 g/mol. The lowest BCUT2D eigenvalue weighted by molar-refractivity contribution is -0.150. The fraction of sp³-hybridized carbons (Fsp3) is 0.429. The van der Waals surface area contributed by atoms with E-state index in [4.69, 9.17) is 0 Å². The van der Waals surface area contributed by atoms with Crippen LogP contribution in [0.25, 0.3) is 0 Å². The van der Waals surface area contributed by atoms with Gasteiger partial charge in [0.2, 0.25) is 11.8 Å². The van der Waals surface area contributed by atoms with Gasteiger partial charge >= 0.3 is 0 Å². The topological polar surface area (TPSA) is 49.4 Å². The van der Waals surface area contributed by atoms with Gasteiger partial charge in [-0.2, -0.15) is 0 Å². The lowest BCUT2D eigenvalue weighted by Crippen LogP contribution is -2.64. The van der Waals surface area contributed by atoms with E-state index in [0.717, 1.165) is 4.47 Å². The van der Waals surface area contributed by atoms with Crippen LogP contribution >= 0.6 is 15.9 Å². The molecule has 2 amide bonds. The lowest BCUT2D eigenvalue weighted by Gasteiger charge is -2.39. The Labute approximate surface area is 125 Å². The number of piperazine rings is 1. The number of hydrogen-bond donors (Lipinski definition) is 1. The van der Waals surface area contributed by atoms with Crippen LogP contribution in [-0.2, 0) is 16.1 Å². The first-order chi connectivity index (χ1) is 9.35. The summed E-state index contributed by atoms with van der Waals surface area (Å²) in [6, 6.07) is 4.56. The summed E-state index contributed by atoms with van der Waals surface area (Å²) in [5, 5.41) is 2.70. The summed E-state index contributed by atoms with van der Waals surface area (Å²) in [5.74, 6) is -0.784. The van der Waals surface area contributed by atoms with Crippen LogP contribution in [-0.4, -0.2) is 28.8 Å². The number of nitrogens with zero attached hydrogens (tertiary/aromatic N) is 1. The molecule has 1 aromatic carbocycles. The predicted molar refractivity (Wildman–Crippen MR) is 76.4 cm³/mol. The van der Waals surface area contributed by atoms with Crippen molar-refractivity contribution < 1.29 is 14.0 Å². The molecule has 1 N–H and O–H groups in total. The normalized spacial score (nSPS) is 22.9. The number of carbonyl (C=O) groups is 2. The number of benzene rings is 1. The van der Waals surface area contributed by atoms with E-state index in [1.807, 2.05) is 6.92 Å². The van der Waals surface area contributed by atoms with Gasteiger partial charge in [0.1, 0.15) is 11.4 Å². The highest BCUT2D eigenvalue weighted by atomic mass is 79.9. The highest BCUT2D eigenvalue weighted by Crippen LogP contribution is 2.22. The smallest absolute Gasteiger partial charge is 0.248 e. The number of rotatable bonds is 3. The Morgan fingerprint density at radius 2 is 2.15 bits per heavy atom. The molecule has 6 heteroatoms. The Bertz CT molecular complexity index is 564. The largest absolute Gasteiger partial charge is 0.340 e. The molecule has 0 spiro atoms. The highest BCUT2D eigenvalue weighted by Gasteiger charge is 2.41. The standard InChI is InChI=1S/C14H16BrFN2O2/c1-3-14(2)13(20)18(8-12(19)17-14)7-9-6-10(15)4-5-11(9)16/h4-6H,3,7-8H2,1-2H3,(H,17,19). The van der Waals surface area contributed by atoms with Crippen molar-refractivity contribution in [3.63, 3.8) is 0 Å². The maximum absolute atomic E-state index is 13.8. The summed E-state index contributed by atoms with van der Waals surface area (Å²) in [6.07, 6.45) is 0.495. The van der Waals surface area contributed by atoms with Crippen molar-refractivity contribution in [2.24, 2.45) is 0 Å². The number of nitrogens with one attached hydrogen (secondary N) is 1. The molecular formula is C14H16BrFN2O2. The van der Waals surface area contributed by atoms with Gasteiger partial charge in [-0.3, -0.25) is 9.59 Å². The van der Waals surface area contributed by atoms with E-state index in [2.05, 4.69) is 21.2 Å². The Hall–Kier alpha value is -1.43. The summed E-state index contributed by atoms with van der Waals surface area (Å²) < 4.78 is 14.5. The molecule has 20 heavy (non-hydrogen) atoms. The molecule has 1 aliphatic heterocycles. The summed E-state index contributed by atoms with van der Waals surface area (Å²) in [7, 11) is 0. The van der Waals surface area contributed by atoms with Crippen molar-refractivity contribution in [3.05, 3.63) is 34.1 Å². The van der Waals surface area contributed by atoms with Crippen molar-refractivity contribution in [1.82, 2.24) is 10.2 Å². The van der Waals surface area contributed by atoms with Crippen LogP contribution in [0.4, 0.5) is 4.39 Å². The highest BCUT2D eigenvalue weighted by molar-refractivity contribution is 9.10. The Balaban J connectivity index is 2.26. The maximum Gasteiger partial charge on any atom is 0.248 e. The SMILES string of the molecule is CCC1(C)NC(=O)CN(Cc2cc(Br)ccc2F)C1=O. The minimum atomic E-state index is -0.905. The molecule has 1 saturated heterocycles. The van der Waals surface area contributed by atoms with E-state index in [0.29, 0.717) is 12.0 Å². The van der Waals surface area contributed by atoms with E-state index in [1.165, 1.54) is 11.0 Å². The van der Waals surface area contributed by atoms with Crippen LogP contribution < -0.4 is 5.32 Å². The number of amides is 2. The molecule has 1 atom stereocenters. The van der Waals surface area contributed by atoms with Crippen LogP contribution in [0.2, 0.25) is 0 Å². The third kappa shape index (κ3) is 2.85. The van der Waals surface area contributed by atoms with Gasteiger partial charge in [-0.25, -0.2) is 4.39 Å². The van der Waals surface area contributed by atoms with Crippen molar-refractivity contribution >= 4 is 27.7 Å². The molecule has 0 radical (unpaired) electrons. The first-order valence-corrected chi connectivity index (χ1v) is 7.19. The van der Waals surface area contributed by atoms with Crippen LogP contribution in [0.3, 0.4) is 0 Å². The molecule has 0 aliphatic carbocycles. The second-order valence-corrected chi connectivity index (χ2v) is 6.05. The molecule has 4 nitrogen and oxygen atoms in total. The minimum absolute atomic E-state index is 0.0413. The number of halogens is 2. The fourth-order valence-electron chi connectivity index (χ4n) is 2.23. The van der Waals surface area contributed by atoms with Gasteiger partial charge in [0.15, 0.2) is 0 Å². The van der Waals surface area contributed by atoms with Crippen LogP contribution in [0.5, 0.6) is 0 Å². The molecule has 1 heterocycles. The van der Waals surface area contributed by atoms with Gasteiger partial charge in [0, 0.05) is 16.6 Å². The first-order valence-electron chi connectivity index (χ1n) is 6.40. The van der Waals surface area contributed by atoms with E-state index in [1.54, 1.807) is 19.1 Å². The molecule has 0 aromatic heterocycles. The summed E-state index contributed by atoms with van der Waals surface area (Å²) in [4.78, 5) is 25.5. The third-order valence-electron chi connectivity index (χ3n) is 3.59. The monoisotopic (exact) mass is 342 g/mol. The summed E-state index contributed by atoms with van der Waals surface area (Å²) in [5.41, 5.74) is -0.515. The maximum atomic E-state index is 13.8. The van der Waals surface area contributed by atoms with Gasteiger partial charge in [-0.05, 0) is 31.5 Å². The first kappa shape index (κ1) is 15.0. The van der Waals surface area contributed by atoms with E-state index in [9.17, 15) is 14.0 Å². The molecule has 1 aromatic rings. The van der Waals surface area contributed by atoms with Gasteiger partial charge in [-0.15, -0.1) is 0 Å². The van der Waals surface area contributed by atoms with Gasteiger partial charge in [0.25, 0.3) is 0 Å². The van der Waals surface area contributed by atoms with Crippen LogP contribution in [0.1, 0.15) is 25.8 Å². The van der Waals surface area contributed by atoms with Gasteiger partial charge in [-0.1, -0.05) is 22.9 Å². The van der Waals surface area contributed by atoms with Crippen molar-refractivity contribution in [2.75, 3.05) is 6.54 Å². The Kier molecular flexibility index (Phi) is 4.13. The number of carbonyl (C=O) groups excluding carboxylic acids is 2. The molecule has 1 aliphatic rings. The molecule has 0 saturated carbocycles. The zero-order chi connectivity index (χ0) is 14.9.